The van der Waals surface area contributed by atoms with Crippen molar-refractivity contribution < 1.29 is 19.4 Å². The fourth-order valence-electron chi connectivity index (χ4n) is 2.24. The quantitative estimate of drug-likeness (QED) is 0.425. The Labute approximate surface area is 169 Å². The number of carboxylic acid groups (broad SMARTS) is 1. The van der Waals surface area contributed by atoms with Crippen molar-refractivity contribution >= 4 is 62.4 Å². The molecule has 8 heteroatoms. The molecule has 0 aliphatic heterocycles. The van der Waals surface area contributed by atoms with Gasteiger partial charge in [-0.15, -0.1) is 0 Å². The van der Waals surface area contributed by atoms with Crippen molar-refractivity contribution in [1.82, 2.24) is 0 Å². The molecule has 0 fully saturated rings. The van der Waals surface area contributed by atoms with Crippen LogP contribution in [0, 0.1) is 0 Å². The maximum Gasteiger partial charge on any atom is 0.345 e. The number of nitrogens with one attached hydrogen (secondary N) is 1. The van der Waals surface area contributed by atoms with Gasteiger partial charge in [-0.1, -0.05) is 63.4 Å². The summed E-state index contributed by atoms with van der Waals surface area (Å²) in [6, 6.07) is 12.2. The third kappa shape index (κ3) is 5.62. The van der Waals surface area contributed by atoms with E-state index in [0.717, 1.165) is 0 Å². The zero-order valence-electron chi connectivity index (χ0n) is 13.5. The Balaban J connectivity index is 2.16. The Morgan fingerprint density at radius 3 is 2.38 bits per heavy atom. The second-order valence-electron chi connectivity index (χ2n) is 5.35. The van der Waals surface area contributed by atoms with E-state index in [4.69, 9.17) is 33.0 Å². The summed E-state index contributed by atoms with van der Waals surface area (Å²) in [5.41, 5.74) is 1.79. The molecule has 0 aromatic heterocycles. The molecule has 0 saturated heterocycles. The van der Waals surface area contributed by atoms with Gasteiger partial charge in [-0.25, -0.2) is 4.79 Å². The molecule has 0 aliphatic rings. The molecule has 138 valence electrons. The predicted molar refractivity (Wildman–Crippen MR) is 106 cm³/mol. The molecule has 0 amide bonds. The van der Waals surface area contributed by atoms with E-state index in [2.05, 4.69) is 21.2 Å². The van der Waals surface area contributed by atoms with Crippen LogP contribution in [0.5, 0.6) is 0 Å². The number of hydrogen-bond acceptors (Lipinski definition) is 4. The molecular formula is C18H16BrCl2NO4. The van der Waals surface area contributed by atoms with Gasteiger partial charge in [-0.2, -0.15) is 0 Å². The first-order valence-electron chi connectivity index (χ1n) is 7.69. The molecule has 5 nitrogen and oxygen atoms in total. The van der Waals surface area contributed by atoms with E-state index in [0.29, 0.717) is 32.3 Å². The average Bonchev–Trinajstić information content (AvgIpc) is 2.59. The molecule has 2 N–H and O–H groups in total. The molecule has 0 radical (unpaired) electrons. The first-order valence-corrected chi connectivity index (χ1v) is 9.57. The lowest BCUT2D eigenvalue weighted by Gasteiger charge is -2.16. The van der Waals surface area contributed by atoms with Crippen molar-refractivity contribution in [1.29, 1.82) is 0 Å². The standard InChI is InChI=1S/C18H16BrCl2NO4/c19-9-8-15(18(24)25)26-16(23)10-11-4-1-2-7-14(11)22-17-12(20)5-3-6-13(17)21/h1-7,15,22H,8-10H2,(H,24,25). The SMILES string of the molecule is O=C(Cc1ccccc1Nc1c(Cl)cccc1Cl)OC(CCBr)C(=O)O. The summed E-state index contributed by atoms with van der Waals surface area (Å²) in [5, 5.41) is 13.5. The number of esters is 1. The lowest BCUT2D eigenvalue weighted by atomic mass is 10.1. The molecule has 2 aromatic rings. The summed E-state index contributed by atoms with van der Waals surface area (Å²) in [6.07, 6.45) is -1.08. The number of rotatable bonds is 8. The minimum atomic E-state index is -1.18. The lowest BCUT2D eigenvalue weighted by molar-refractivity contribution is -0.163. The number of benzene rings is 2. The summed E-state index contributed by atoms with van der Waals surface area (Å²) >= 11 is 15.5. The summed E-state index contributed by atoms with van der Waals surface area (Å²) in [7, 11) is 0. The lowest BCUT2D eigenvalue weighted by Crippen LogP contribution is -2.28. The highest BCUT2D eigenvalue weighted by Crippen LogP contribution is 2.33. The number of aliphatic carboxylic acids is 1. The van der Waals surface area contributed by atoms with E-state index < -0.39 is 18.0 Å². The fourth-order valence-corrected chi connectivity index (χ4v) is 3.14. The van der Waals surface area contributed by atoms with Crippen LogP contribution in [-0.4, -0.2) is 28.5 Å². The third-order valence-corrected chi connectivity index (χ3v) is 4.58. The van der Waals surface area contributed by atoms with Crippen LogP contribution in [0.4, 0.5) is 11.4 Å². The number of carboxylic acids is 1. The molecule has 0 heterocycles. The number of hydrogen-bond donors (Lipinski definition) is 2. The van der Waals surface area contributed by atoms with Gasteiger partial charge in [0.1, 0.15) is 0 Å². The Kier molecular flexibility index (Phi) is 7.75. The molecule has 2 aromatic carbocycles. The molecule has 0 aliphatic carbocycles. The second kappa shape index (κ2) is 9.80. The molecule has 1 atom stereocenters. The Morgan fingerprint density at radius 2 is 1.77 bits per heavy atom. The molecule has 26 heavy (non-hydrogen) atoms. The smallest absolute Gasteiger partial charge is 0.345 e. The maximum absolute atomic E-state index is 12.2. The van der Waals surface area contributed by atoms with Crippen molar-refractivity contribution in [2.24, 2.45) is 0 Å². The third-order valence-electron chi connectivity index (χ3n) is 3.50. The topological polar surface area (TPSA) is 75.6 Å². The number of carbonyl (C=O) groups is 2. The van der Waals surface area contributed by atoms with Gasteiger partial charge in [0.05, 0.1) is 22.2 Å². The van der Waals surface area contributed by atoms with Gasteiger partial charge < -0.3 is 15.2 Å². The van der Waals surface area contributed by atoms with Gasteiger partial charge in [0.15, 0.2) is 6.10 Å². The summed E-state index contributed by atoms with van der Waals surface area (Å²) in [5.74, 6) is -1.80. The highest BCUT2D eigenvalue weighted by Gasteiger charge is 2.22. The molecule has 2 rings (SSSR count). The fraction of sp³-hybridized carbons (Fsp3) is 0.222. The van der Waals surface area contributed by atoms with Crippen molar-refractivity contribution in [2.75, 3.05) is 10.6 Å². The predicted octanol–water partition coefficient (Wildman–Crippen LogP) is 5.06. The van der Waals surface area contributed by atoms with Crippen molar-refractivity contribution in [3.8, 4) is 0 Å². The van der Waals surface area contributed by atoms with E-state index in [1.54, 1.807) is 42.5 Å². The maximum atomic E-state index is 12.2. The van der Waals surface area contributed by atoms with Gasteiger partial charge in [0, 0.05) is 17.4 Å². The zero-order valence-corrected chi connectivity index (χ0v) is 16.6. The van der Waals surface area contributed by atoms with E-state index in [-0.39, 0.29) is 12.8 Å². The van der Waals surface area contributed by atoms with Crippen molar-refractivity contribution in [2.45, 2.75) is 18.9 Å². The highest BCUT2D eigenvalue weighted by atomic mass is 79.9. The average molecular weight is 461 g/mol. The summed E-state index contributed by atoms with van der Waals surface area (Å²) in [6.45, 7) is 0. The van der Waals surface area contributed by atoms with Crippen LogP contribution >= 0.6 is 39.1 Å². The monoisotopic (exact) mass is 459 g/mol. The first kappa shape index (κ1) is 20.6. The normalized spacial score (nSPS) is 11.7. The highest BCUT2D eigenvalue weighted by molar-refractivity contribution is 9.09. The van der Waals surface area contributed by atoms with Crippen LogP contribution in [0.2, 0.25) is 10.0 Å². The molecular weight excluding hydrogens is 445 g/mol. The minimum Gasteiger partial charge on any atom is -0.479 e. The van der Waals surface area contributed by atoms with Crippen molar-refractivity contribution in [3.05, 3.63) is 58.1 Å². The van der Waals surface area contributed by atoms with E-state index in [1.165, 1.54) is 0 Å². The molecule has 0 saturated carbocycles. The summed E-state index contributed by atoms with van der Waals surface area (Å²) < 4.78 is 5.06. The number of ether oxygens (including phenoxy) is 1. The van der Waals surface area contributed by atoms with E-state index in [1.807, 2.05) is 0 Å². The number of anilines is 2. The van der Waals surface area contributed by atoms with E-state index in [9.17, 15) is 9.59 Å². The number of para-hydroxylation sites is 2. The molecule has 0 spiro atoms. The number of carbonyl (C=O) groups excluding carboxylic acids is 1. The zero-order chi connectivity index (χ0) is 19.1. The van der Waals surface area contributed by atoms with Gasteiger partial charge in [0.25, 0.3) is 0 Å². The largest absolute Gasteiger partial charge is 0.479 e. The number of alkyl halides is 1. The van der Waals surface area contributed by atoms with Crippen LogP contribution in [0.25, 0.3) is 0 Å². The van der Waals surface area contributed by atoms with Crippen LogP contribution in [0.3, 0.4) is 0 Å². The number of halogens is 3. The van der Waals surface area contributed by atoms with Crippen LogP contribution < -0.4 is 5.32 Å². The Hall–Kier alpha value is -1.76. The van der Waals surface area contributed by atoms with Gasteiger partial charge >= 0.3 is 11.9 Å². The van der Waals surface area contributed by atoms with E-state index >= 15 is 0 Å². The molecule has 1 unspecified atom stereocenters. The molecule has 0 bridgehead atoms. The van der Waals surface area contributed by atoms with Crippen LogP contribution in [0.1, 0.15) is 12.0 Å². The first-order chi connectivity index (χ1) is 12.4. The van der Waals surface area contributed by atoms with Gasteiger partial charge in [-0.05, 0) is 23.8 Å². The van der Waals surface area contributed by atoms with Crippen LogP contribution in [0.15, 0.2) is 42.5 Å². The minimum absolute atomic E-state index is 0.0860. The summed E-state index contributed by atoms with van der Waals surface area (Å²) in [4.78, 5) is 23.3. The second-order valence-corrected chi connectivity index (χ2v) is 6.96. The Bertz CT molecular complexity index is 780. The van der Waals surface area contributed by atoms with Gasteiger partial charge in [-0.3, -0.25) is 4.79 Å². The van der Waals surface area contributed by atoms with Crippen molar-refractivity contribution in [3.63, 3.8) is 0 Å². The van der Waals surface area contributed by atoms with Gasteiger partial charge in [0.2, 0.25) is 0 Å². The van der Waals surface area contributed by atoms with Crippen LogP contribution in [-0.2, 0) is 20.7 Å². The Morgan fingerprint density at radius 1 is 1.12 bits per heavy atom.